The molecule has 1 N–H and O–H groups in total. The van der Waals surface area contributed by atoms with Gasteiger partial charge in [-0.2, -0.15) is 0 Å². The maximum atomic E-state index is 8.33. The monoisotopic (exact) mass is 196 g/mol. The predicted molar refractivity (Wildman–Crippen MR) is 63.3 cm³/mol. The molecule has 1 aliphatic heterocycles. The van der Waals surface area contributed by atoms with Crippen LogP contribution in [0.2, 0.25) is 0 Å². The van der Waals surface area contributed by atoms with Crippen molar-refractivity contribution in [1.29, 1.82) is 0 Å². The summed E-state index contributed by atoms with van der Waals surface area (Å²) in [6, 6.07) is -3.58. The zero-order valence-electron chi connectivity index (χ0n) is 13.9. The Morgan fingerprint density at radius 3 is 2.79 bits per heavy atom. The first-order valence-electron chi connectivity index (χ1n) is 7.28. The van der Waals surface area contributed by atoms with Crippen LogP contribution in [-0.2, 0) is 0 Å². The van der Waals surface area contributed by atoms with Crippen LogP contribution in [0.15, 0.2) is 36.4 Å². The molecule has 0 bridgehead atoms. The minimum Gasteiger partial charge on any atom is -0.307 e. The molecule has 1 heterocycles. The number of hydrogen-bond acceptors (Lipinski definition) is 1. The smallest absolute Gasteiger partial charge is 0.0589 e. The van der Waals surface area contributed by atoms with Crippen LogP contribution < -0.4 is 5.32 Å². The Balaban J connectivity index is 3.24. The molecule has 1 heteroatoms. The molecule has 78 valence electrons. The molecular formula is C13H21N. The third-order valence-corrected chi connectivity index (χ3v) is 1.75. The molecule has 0 aromatic heterocycles. The first-order valence-corrected chi connectivity index (χ1v) is 4.70. The molecule has 1 aliphatic rings. The van der Waals surface area contributed by atoms with E-state index in [9.17, 15) is 0 Å². The van der Waals surface area contributed by atoms with Crippen molar-refractivity contribution < 1.29 is 6.85 Å². The highest BCUT2D eigenvalue weighted by atomic mass is 14.9. The Kier molecular flexibility index (Phi) is 2.18. The van der Waals surface area contributed by atoms with E-state index in [0.29, 0.717) is 11.1 Å². The topological polar surface area (TPSA) is 12.0 Å². The fourth-order valence-corrected chi connectivity index (χ4v) is 1.28. The van der Waals surface area contributed by atoms with Crippen molar-refractivity contribution in [2.45, 2.75) is 45.1 Å². The summed E-state index contributed by atoms with van der Waals surface area (Å²) >= 11 is 0. The van der Waals surface area contributed by atoms with Gasteiger partial charge in [0.1, 0.15) is 0 Å². The maximum Gasteiger partial charge on any atom is 0.0589 e. The first kappa shape index (κ1) is 5.92. The Morgan fingerprint density at radius 2 is 2.21 bits per heavy atom. The molecule has 1 unspecified atom stereocenters. The van der Waals surface area contributed by atoms with Gasteiger partial charge in [-0.15, -0.1) is 13.2 Å². The summed E-state index contributed by atoms with van der Waals surface area (Å²) in [6.07, 6.45) is -0.869. The summed E-state index contributed by atoms with van der Waals surface area (Å²) in [6.45, 7) is 11.0. The molecule has 1 rings (SSSR count). The van der Waals surface area contributed by atoms with Gasteiger partial charge in [0.05, 0.1) is 4.11 Å². The second-order valence-corrected chi connectivity index (χ2v) is 3.81. The van der Waals surface area contributed by atoms with E-state index in [2.05, 4.69) is 18.5 Å². The third-order valence-electron chi connectivity index (χ3n) is 1.75. The van der Waals surface area contributed by atoms with Gasteiger partial charge in [0.2, 0.25) is 0 Å². The van der Waals surface area contributed by atoms with Crippen molar-refractivity contribution in [3.63, 3.8) is 0 Å². The van der Waals surface area contributed by atoms with Crippen molar-refractivity contribution in [2.24, 2.45) is 0 Å². The molecule has 1 nitrogen and oxygen atoms in total. The minimum atomic E-state index is -1.56. The fraction of sp³-hybridized carbons (Fsp3) is 0.538. The van der Waals surface area contributed by atoms with E-state index in [-0.39, 0.29) is 24.9 Å². The van der Waals surface area contributed by atoms with E-state index in [1.165, 1.54) is 0 Å². The van der Waals surface area contributed by atoms with E-state index < -0.39 is 18.4 Å². The SMILES string of the molecule is [2H]C1=C([2H])[C@@]([2H])(CC(=C)C)N[C@]([2H])(CC(=C)C)C1[2H]. The fourth-order valence-electron chi connectivity index (χ4n) is 1.28. The molecule has 0 amide bonds. The molecular weight excluding hydrogens is 170 g/mol. The molecule has 0 radical (unpaired) electrons. The van der Waals surface area contributed by atoms with Crippen LogP contribution in [0.3, 0.4) is 0 Å². The molecule has 3 atom stereocenters. The minimum absolute atomic E-state index is 0.151. The number of nitrogens with one attached hydrogen (secondary N) is 1. The summed E-state index contributed by atoms with van der Waals surface area (Å²) in [7, 11) is 0. The lowest BCUT2D eigenvalue weighted by atomic mass is 9.97. The molecule has 0 fully saturated rings. The maximum absolute atomic E-state index is 8.33. The average Bonchev–Trinajstić information content (AvgIpc) is 2.21. The van der Waals surface area contributed by atoms with Crippen LogP contribution in [0.1, 0.15) is 39.9 Å². The van der Waals surface area contributed by atoms with Crippen LogP contribution in [-0.4, -0.2) is 12.0 Å². The summed E-state index contributed by atoms with van der Waals surface area (Å²) in [4.78, 5) is 0. The van der Waals surface area contributed by atoms with Crippen LogP contribution in [0.4, 0.5) is 0 Å². The zero-order valence-corrected chi connectivity index (χ0v) is 8.91. The van der Waals surface area contributed by atoms with Gasteiger partial charge in [0.15, 0.2) is 0 Å². The largest absolute Gasteiger partial charge is 0.307 e. The third kappa shape index (κ3) is 3.93. The molecule has 0 saturated carbocycles. The van der Waals surface area contributed by atoms with Gasteiger partial charge in [-0.3, -0.25) is 0 Å². The van der Waals surface area contributed by atoms with Gasteiger partial charge < -0.3 is 5.32 Å². The highest BCUT2D eigenvalue weighted by molar-refractivity contribution is 5.09. The molecule has 0 spiro atoms. The molecule has 0 aromatic carbocycles. The van der Waals surface area contributed by atoms with Crippen LogP contribution >= 0.6 is 0 Å². The van der Waals surface area contributed by atoms with E-state index >= 15 is 0 Å². The average molecular weight is 196 g/mol. The van der Waals surface area contributed by atoms with Crippen molar-refractivity contribution in [2.75, 3.05) is 0 Å². The van der Waals surface area contributed by atoms with Gasteiger partial charge in [-0.25, -0.2) is 0 Å². The molecule has 14 heavy (non-hydrogen) atoms. The lowest BCUT2D eigenvalue weighted by molar-refractivity contribution is 0.445. The van der Waals surface area contributed by atoms with Crippen molar-refractivity contribution >= 4 is 0 Å². The van der Waals surface area contributed by atoms with E-state index in [1.807, 2.05) is 0 Å². The van der Waals surface area contributed by atoms with Crippen molar-refractivity contribution in [3.8, 4) is 0 Å². The summed E-state index contributed by atoms with van der Waals surface area (Å²) in [5, 5.41) is 2.76. The lowest BCUT2D eigenvalue weighted by Crippen LogP contribution is -2.39. The second kappa shape index (κ2) is 5.16. The van der Waals surface area contributed by atoms with Crippen molar-refractivity contribution in [3.05, 3.63) is 36.4 Å². The standard InChI is InChI=1S/C13H21N/c1-10(2)8-12-6-5-7-13(14-12)9-11(3)4/h5-6,12-14H,1,3,7-9H2,2,4H3/t12-,13-/m0/s1/i5D,6D,7D,12D,13D/t7?,12-,13-. The van der Waals surface area contributed by atoms with E-state index in [4.69, 9.17) is 6.85 Å². The van der Waals surface area contributed by atoms with Gasteiger partial charge in [-0.05, 0) is 33.1 Å². The molecule has 0 aliphatic carbocycles. The highest BCUT2D eigenvalue weighted by Gasteiger charge is 2.16. The summed E-state index contributed by atoms with van der Waals surface area (Å²) in [5.74, 6) is 0. The summed E-state index contributed by atoms with van der Waals surface area (Å²) in [5.41, 5.74) is 1.40. The Morgan fingerprint density at radius 1 is 1.57 bits per heavy atom. The van der Waals surface area contributed by atoms with Crippen LogP contribution in [0, 0.1) is 0 Å². The Labute approximate surface area is 94.6 Å². The Hall–Kier alpha value is -0.820. The number of hydrogen-bond donors (Lipinski definition) is 1. The normalized spacial score (nSPS) is 48.4. The lowest BCUT2D eigenvalue weighted by Gasteiger charge is -2.27. The zero-order chi connectivity index (χ0) is 15.0. The van der Waals surface area contributed by atoms with E-state index in [0.717, 1.165) is 0 Å². The van der Waals surface area contributed by atoms with Gasteiger partial charge in [0.25, 0.3) is 0 Å². The highest BCUT2D eigenvalue weighted by Crippen LogP contribution is 2.15. The quantitative estimate of drug-likeness (QED) is 0.681. The van der Waals surface area contributed by atoms with Crippen LogP contribution in [0.5, 0.6) is 0 Å². The van der Waals surface area contributed by atoms with Gasteiger partial charge in [0, 0.05) is 14.8 Å². The van der Waals surface area contributed by atoms with E-state index in [1.54, 1.807) is 13.8 Å². The molecule has 0 aromatic rings. The van der Waals surface area contributed by atoms with Crippen molar-refractivity contribution in [1.82, 2.24) is 5.32 Å². The predicted octanol–water partition coefficient (Wildman–Crippen LogP) is 3.21. The Bertz CT molecular complexity index is 444. The van der Waals surface area contributed by atoms with Gasteiger partial charge >= 0.3 is 0 Å². The molecule has 0 saturated heterocycles. The summed E-state index contributed by atoms with van der Waals surface area (Å²) < 4.78 is 40.3. The first-order chi connectivity index (χ1) is 8.52. The van der Waals surface area contributed by atoms with Crippen LogP contribution in [0.25, 0.3) is 0 Å². The number of rotatable bonds is 4. The second-order valence-electron chi connectivity index (χ2n) is 3.81. The van der Waals surface area contributed by atoms with Gasteiger partial charge in [-0.1, -0.05) is 23.3 Å².